The Morgan fingerprint density at radius 2 is 1.78 bits per heavy atom. The standard InChI is InChI=1S/C18H20F2N2O4S/c1-26-15-8-6-14(7-9-15)22(27(2,24)25)11-3-4-18(23)21-13-5-10-16(19)17(20)12-13/h5-10,12H,3-4,11H2,1-2H3,(H,21,23). The highest BCUT2D eigenvalue weighted by Crippen LogP contribution is 2.22. The number of hydrogen-bond acceptors (Lipinski definition) is 4. The van der Waals surface area contributed by atoms with Crippen molar-refractivity contribution in [3.8, 4) is 5.75 Å². The largest absolute Gasteiger partial charge is 0.497 e. The molecule has 1 N–H and O–H groups in total. The fourth-order valence-corrected chi connectivity index (χ4v) is 3.38. The number of nitrogens with zero attached hydrogens (tertiary/aromatic N) is 1. The highest BCUT2D eigenvalue weighted by molar-refractivity contribution is 7.92. The summed E-state index contributed by atoms with van der Waals surface area (Å²) in [6, 6.07) is 9.55. The van der Waals surface area contributed by atoms with Crippen molar-refractivity contribution < 1.29 is 26.7 Å². The van der Waals surface area contributed by atoms with E-state index in [1.807, 2.05) is 0 Å². The summed E-state index contributed by atoms with van der Waals surface area (Å²) in [4.78, 5) is 11.9. The van der Waals surface area contributed by atoms with Crippen molar-refractivity contribution in [1.82, 2.24) is 0 Å². The molecule has 0 saturated heterocycles. The molecule has 0 aromatic heterocycles. The van der Waals surface area contributed by atoms with Crippen LogP contribution >= 0.6 is 0 Å². The molecule has 0 aliphatic rings. The number of rotatable bonds is 8. The van der Waals surface area contributed by atoms with Crippen LogP contribution in [-0.2, 0) is 14.8 Å². The fraction of sp³-hybridized carbons (Fsp3) is 0.278. The SMILES string of the molecule is COc1ccc(N(CCCC(=O)Nc2ccc(F)c(F)c2)S(C)(=O)=O)cc1. The molecular weight excluding hydrogens is 378 g/mol. The van der Waals surface area contributed by atoms with Gasteiger partial charge in [-0.05, 0) is 42.8 Å². The molecule has 6 nitrogen and oxygen atoms in total. The summed E-state index contributed by atoms with van der Waals surface area (Å²) in [6.45, 7) is 0.0936. The first-order valence-electron chi connectivity index (χ1n) is 8.07. The third-order valence-electron chi connectivity index (χ3n) is 3.73. The van der Waals surface area contributed by atoms with Crippen LogP contribution in [0.1, 0.15) is 12.8 Å². The van der Waals surface area contributed by atoms with E-state index in [2.05, 4.69) is 5.32 Å². The highest BCUT2D eigenvalue weighted by Gasteiger charge is 2.17. The smallest absolute Gasteiger partial charge is 0.232 e. The molecule has 0 spiro atoms. The third kappa shape index (κ3) is 5.92. The third-order valence-corrected chi connectivity index (χ3v) is 4.92. The molecule has 1 amide bonds. The number of hydrogen-bond donors (Lipinski definition) is 1. The van der Waals surface area contributed by atoms with E-state index in [-0.39, 0.29) is 25.1 Å². The van der Waals surface area contributed by atoms with Gasteiger partial charge in [0.1, 0.15) is 5.75 Å². The van der Waals surface area contributed by atoms with Crippen molar-refractivity contribution >= 4 is 27.3 Å². The Labute approximate surface area is 156 Å². The van der Waals surface area contributed by atoms with Crippen LogP contribution in [0, 0.1) is 11.6 Å². The average molecular weight is 398 g/mol. The van der Waals surface area contributed by atoms with Crippen LogP contribution < -0.4 is 14.4 Å². The molecule has 0 aliphatic carbocycles. The predicted molar refractivity (Wildman–Crippen MR) is 99.4 cm³/mol. The number of anilines is 2. The van der Waals surface area contributed by atoms with E-state index in [1.54, 1.807) is 24.3 Å². The Morgan fingerprint density at radius 3 is 2.33 bits per heavy atom. The van der Waals surface area contributed by atoms with Crippen LogP contribution in [0.2, 0.25) is 0 Å². The second-order valence-corrected chi connectivity index (χ2v) is 7.72. The number of halogens is 2. The Kier molecular flexibility index (Phi) is 6.73. The summed E-state index contributed by atoms with van der Waals surface area (Å²) >= 11 is 0. The Balaban J connectivity index is 1.96. The number of benzene rings is 2. The summed E-state index contributed by atoms with van der Waals surface area (Å²) in [5, 5.41) is 2.45. The van der Waals surface area contributed by atoms with Gasteiger partial charge >= 0.3 is 0 Å². The molecule has 9 heteroatoms. The van der Waals surface area contributed by atoms with Crippen LogP contribution in [-0.4, -0.2) is 34.2 Å². The van der Waals surface area contributed by atoms with Gasteiger partial charge in [-0.1, -0.05) is 0 Å². The van der Waals surface area contributed by atoms with E-state index in [0.717, 1.165) is 18.4 Å². The van der Waals surface area contributed by atoms with Crippen molar-refractivity contribution in [2.24, 2.45) is 0 Å². The monoisotopic (exact) mass is 398 g/mol. The van der Waals surface area contributed by atoms with Gasteiger partial charge in [-0.25, -0.2) is 17.2 Å². The maximum atomic E-state index is 13.2. The zero-order valence-electron chi connectivity index (χ0n) is 14.9. The minimum Gasteiger partial charge on any atom is -0.497 e. The van der Waals surface area contributed by atoms with Crippen LogP contribution in [0.15, 0.2) is 42.5 Å². The topological polar surface area (TPSA) is 75.7 Å². The van der Waals surface area contributed by atoms with Gasteiger partial charge in [0.05, 0.1) is 19.1 Å². The molecule has 0 saturated carbocycles. The lowest BCUT2D eigenvalue weighted by molar-refractivity contribution is -0.116. The van der Waals surface area contributed by atoms with E-state index < -0.39 is 27.6 Å². The lowest BCUT2D eigenvalue weighted by Gasteiger charge is -2.22. The normalized spacial score (nSPS) is 11.1. The molecule has 0 radical (unpaired) electrons. The van der Waals surface area contributed by atoms with Gasteiger partial charge < -0.3 is 10.1 Å². The van der Waals surface area contributed by atoms with Crippen molar-refractivity contribution in [2.75, 3.05) is 29.5 Å². The number of carbonyl (C=O) groups is 1. The molecule has 0 aliphatic heterocycles. The van der Waals surface area contributed by atoms with Gasteiger partial charge in [0.15, 0.2) is 11.6 Å². The van der Waals surface area contributed by atoms with Gasteiger partial charge in [0.25, 0.3) is 0 Å². The van der Waals surface area contributed by atoms with Crippen molar-refractivity contribution in [1.29, 1.82) is 0 Å². The summed E-state index contributed by atoms with van der Waals surface area (Å²) in [5.41, 5.74) is 0.591. The van der Waals surface area contributed by atoms with Crippen LogP contribution in [0.4, 0.5) is 20.2 Å². The van der Waals surface area contributed by atoms with E-state index in [4.69, 9.17) is 4.74 Å². The van der Waals surface area contributed by atoms with Crippen molar-refractivity contribution in [2.45, 2.75) is 12.8 Å². The van der Waals surface area contributed by atoms with Gasteiger partial charge in [-0.2, -0.15) is 0 Å². The number of amides is 1. The second-order valence-electron chi connectivity index (χ2n) is 5.81. The molecular formula is C18H20F2N2O4S. The number of sulfonamides is 1. The zero-order chi connectivity index (χ0) is 20.0. The number of nitrogens with one attached hydrogen (secondary N) is 1. The predicted octanol–water partition coefficient (Wildman–Crippen LogP) is 3.16. The molecule has 2 rings (SSSR count). The van der Waals surface area contributed by atoms with Crippen molar-refractivity contribution in [3.05, 3.63) is 54.1 Å². The Hall–Kier alpha value is -2.68. The number of carbonyl (C=O) groups excluding carboxylic acids is 1. The maximum Gasteiger partial charge on any atom is 0.232 e. The first-order chi connectivity index (χ1) is 12.7. The highest BCUT2D eigenvalue weighted by atomic mass is 32.2. The molecule has 0 unspecified atom stereocenters. The summed E-state index contributed by atoms with van der Waals surface area (Å²) in [7, 11) is -2.03. The van der Waals surface area contributed by atoms with Gasteiger partial charge in [-0.15, -0.1) is 0 Å². The molecule has 0 heterocycles. The molecule has 0 fully saturated rings. The zero-order valence-corrected chi connectivity index (χ0v) is 15.7. The minimum absolute atomic E-state index is 0.0150. The Bertz CT molecular complexity index is 902. The molecule has 146 valence electrons. The average Bonchev–Trinajstić information content (AvgIpc) is 2.61. The lowest BCUT2D eigenvalue weighted by atomic mass is 10.2. The fourth-order valence-electron chi connectivity index (χ4n) is 2.42. The van der Waals surface area contributed by atoms with E-state index in [9.17, 15) is 22.0 Å². The summed E-state index contributed by atoms with van der Waals surface area (Å²) < 4.78 is 56.4. The molecule has 0 bridgehead atoms. The van der Waals surface area contributed by atoms with E-state index >= 15 is 0 Å². The summed E-state index contributed by atoms with van der Waals surface area (Å²) in [5.74, 6) is -1.89. The number of ether oxygens (including phenoxy) is 1. The van der Waals surface area contributed by atoms with Gasteiger partial charge in [0, 0.05) is 24.7 Å². The Morgan fingerprint density at radius 1 is 1.11 bits per heavy atom. The van der Waals surface area contributed by atoms with Crippen LogP contribution in [0.5, 0.6) is 5.75 Å². The van der Waals surface area contributed by atoms with Crippen LogP contribution in [0.3, 0.4) is 0 Å². The number of methoxy groups -OCH3 is 1. The summed E-state index contributed by atoms with van der Waals surface area (Å²) in [6.07, 6.45) is 1.34. The molecule has 2 aromatic carbocycles. The molecule has 27 heavy (non-hydrogen) atoms. The van der Waals surface area contributed by atoms with E-state index in [1.165, 1.54) is 17.5 Å². The molecule has 2 aromatic rings. The van der Waals surface area contributed by atoms with Gasteiger partial charge in [-0.3, -0.25) is 9.10 Å². The first-order valence-corrected chi connectivity index (χ1v) is 9.92. The van der Waals surface area contributed by atoms with Crippen molar-refractivity contribution in [3.63, 3.8) is 0 Å². The van der Waals surface area contributed by atoms with Crippen LogP contribution in [0.25, 0.3) is 0 Å². The van der Waals surface area contributed by atoms with Gasteiger partial charge in [0.2, 0.25) is 15.9 Å². The second kappa shape index (κ2) is 8.81. The lowest BCUT2D eigenvalue weighted by Crippen LogP contribution is -2.31. The van der Waals surface area contributed by atoms with E-state index in [0.29, 0.717) is 11.4 Å². The first kappa shape index (κ1) is 20.6. The minimum atomic E-state index is -3.54. The molecule has 0 atom stereocenters. The maximum absolute atomic E-state index is 13.2. The quantitative estimate of drug-likeness (QED) is 0.741.